The van der Waals surface area contributed by atoms with Gasteiger partial charge in [0.1, 0.15) is 0 Å². The van der Waals surface area contributed by atoms with Crippen molar-refractivity contribution in [1.82, 2.24) is 15.2 Å². The molecule has 0 fully saturated rings. The molecule has 16 heavy (non-hydrogen) atoms. The molecule has 4 heteroatoms. The zero-order valence-corrected chi connectivity index (χ0v) is 8.51. The Balaban J connectivity index is 2.23. The second-order valence-corrected chi connectivity index (χ2v) is 3.61. The van der Waals surface area contributed by atoms with Crippen molar-refractivity contribution in [3.63, 3.8) is 0 Å². The fourth-order valence-electron chi connectivity index (χ4n) is 1.75. The number of nitrogen functional groups attached to an aromatic ring is 1. The van der Waals surface area contributed by atoms with Gasteiger partial charge < -0.3 is 5.73 Å². The Bertz CT molecular complexity index is 642. The van der Waals surface area contributed by atoms with Gasteiger partial charge in [-0.25, -0.2) is 0 Å². The van der Waals surface area contributed by atoms with Gasteiger partial charge in [-0.1, -0.05) is 18.2 Å². The topological polar surface area (TPSA) is 67.6 Å². The van der Waals surface area contributed by atoms with Crippen molar-refractivity contribution < 1.29 is 0 Å². The third kappa shape index (κ3) is 1.32. The second kappa shape index (κ2) is 3.34. The van der Waals surface area contributed by atoms with Crippen molar-refractivity contribution in [3.8, 4) is 11.3 Å². The van der Waals surface area contributed by atoms with Crippen LogP contribution in [0.4, 0.5) is 5.69 Å². The smallest absolute Gasteiger partial charge is 0.0880 e. The normalized spacial score (nSPS) is 10.8. The maximum absolute atomic E-state index is 5.80. The highest BCUT2D eigenvalue weighted by atomic mass is 15.1. The van der Waals surface area contributed by atoms with Crippen LogP contribution >= 0.6 is 0 Å². The maximum atomic E-state index is 5.80. The fraction of sp³-hybridized carbons (Fsp3) is 0. The van der Waals surface area contributed by atoms with Crippen LogP contribution in [0, 0.1) is 0 Å². The van der Waals surface area contributed by atoms with Crippen molar-refractivity contribution in [2.24, 2.45) is 0 Å². The van der Waals surface area contributed by atoms with Gasteiger partial charge in [0.15, 0.2) is 0 Å². The standard InChI is InChI=1S/C12H10N4/c13-10-7-15-16-12(10)9-4-3-8-2-1-5-14-11(8)6-9/h1-7H,13H2,(H,15,16). The lowest BCUT2D eigenvalue weighted by molar-refractivity contribution is 1.10. The molecular weight excluding hydrogens is 200 g/mol. The highest BCUT2D eigenvalue weighted by Gasteiger charge is 2.05. The summed E-state index contributed by atoms with van der Waals surface area (Å²) in [5.74, 6) is 0. The number of rotatable bonds is 1. The maximum Gasteiger partial charge on any atom is 0.0880 e. The Morgan fingerprint density at radius 2 is 2.12 bits per heavy atom. The highest BCUT2D eigenvalue weighted by Crippen LogP contribution is 2.25. The molecule has 3 rings (SSSR count). The van der Waals surface area contributed by atoms with E-state index >= 15 is 0 Å². The number of pyridine rings is 1. The molecule has 4 nitrogen and oxygen atoms in total. The van der Waals surface area contributed by atoms with Crippen LogP contribution in [0.5, 0.6) is 0 Å². The number of hydrogen-bond acceptors (Lipinski definition) is 3. The molecule has 0 saturated heterocycles. The molecule has 0 radical (unpaired) electrons. The van der Waals surface area contributed by atoms with Crippen molar-refractivity contribution in [2.45, 2.75) is 0 Å². The van der Waals surface area contributed by atoms with Crippen LogP contribution in [0.1, 0.15) is 0 Å². The molecule has 0 unspecified atom stereocenters. The van der Waals surface area contributed by atoms with E-state index in [0.717, 1.165) is 22.2 Å². The summed E-state index contributed by atoms with van der Waals surface area (Å²) in [6.07, 6.45) is 3.39. The fourth-order valence-corrected chi connectivity index (χ4v) is 1.75. The Hall–Kier alpha value is -2.36. The predicted molar refractivity (Wildman–Crippen MR) is 63.7 cm³/mol. The minimum absolute atomic E-state index is 0.648. The number of nitrogens with zero attached hydrogens (tertiary/aromatic N) is 2. The Labute approximate surface area is 92.1 Å². The van der Waals surface area contributed by atoms with Gasteiger partial charge in [0.05, 0.1) is 23.1 Å². The summed E-state index contributed by atoms with van der Waals surface area (Å²) in [5.41, 5.74) is 9.25. The number of fused-ring (bicyclic) bond motifs is 1. The van der Waals surface area contributed by atoms with Gasteiger partial charge in [-0.3, -0.25) is 10.1 Å². The van der Waals surface area contributed by atoms with Crippen LogP contribution < -0.4 is 5.73 Å². The minimum atomic E-state index is 0.648. The van der Waals surface area contributed by atoms with Gasteiger partial charge >= 0.3 is 0 Å². The van der Waals surface area contributed by atoms with E-state index < -0.39 is 0 Å². The summed E-state index contributed by atoms with van der Waals surface area (Å²) in [6.45, 7) is 0. The van der Waals surface area contributed by atoms with E-state index in [9.17, 15) is 0 Å². The molecule has 2 heterocycles. The number of hydrogen-bond donors (Lipinski definition) is 2. The van der Waals surface area contributed by atoms with Gasteiger partial charge in [-0.2, -0.15) is 5.10 Å². The second-order valence-electron chi connectivity index (χ2n) is 3.61. The van der Waals surface area contributed by atoms with E-state index in [4.69, 9.17) is 5.73 Å². The summed E-state index contributed by atoms with van der Waals surface area (Å²) in [4.78, 5) is 4.31. The summed E-state index contributed by atoms with van der Waals surface area (Å²) in [7, 11) is 0. The van der Waals surface area contributed by atoms with E-state index in [1.165, 1.54) is 0 Å². The Morgan fingerprint density at radius 3 is 2.94 bits per heavy atom. The van der Waals surface area contributed by atoms with Gasteiger partial charge in [-0.15, -0.1) is 0 Å². The van der Waals surface area contributed by atoms with E-state index in [1.807, 2.05) is 30.3 Å². The molecule has 0 atom stereocenters. The third-order valence-electron chi connectivity index (χ3n) is 2.56. The molecule has 0 aliphatic rings. The van der Waals surface area contributed by atoms with Gasteiger partial charge in [-0.05, 0) is 12.1 Å². The van der Waals surface area contributed by atoms with Crippen LogP contribution in [0.2, 0.25) is 0 Å². The predicted octanol–water partition coefficient (Wildman–Crippen LogP) is 2.21. The molecule has 2 aromatic heterocycles. The number of anilines is 1. The molecule has 0 aliphatic carbocycles. The lowest BCUT2D eigenvalue weighted by atomic mass is 10.1. The van der Waals surface area contributed by atoms with Crippen LogP contribution in [-0.4, -0.2) is 15.2 Å². The van der Waals surface area contributed by atoms with Crippen LogP contribution in [0.25, 0.3) is 22.2 Å². The molecule has 3 aromatic rings. The monoisotopic (exact) mass is 210 g/mol. The zero-order valence-electron chi connectivity index (χ0n) is 8.51. The van der Waals surface area contributed by atoms with Crippen LogP contribution in [0.15, 0.2) is 42.7 Å². The van der Waals surface area contributed by atoms with E-state index in [0.29, 0.717) is 5.69 Å². The summed E-state index contributed by atoms with van der Waals surface area (Å²) >= 11 is 0. The minimum Gasteiger partial charge on any atom is -0.396 e. The Morgan fingerprint density at radius 1 is 1.19 bits per heavy atom. The molecule has 3 N–H and O–H groups in total. The molecule has 0 spiro atoms. The molecule has 0 bridgehead atoms. The van der Waals surface area contributed by atoms with Crippen molar-refractivity contribution in [2.75, 3.05) is 5.73 Å². The van der Waals surface area contributed by atoms with Crippen molar-refractivity contribution in [3.05, 3.63) is 42.7 Å². The number of H-pyrrole nitrogens is 1. The molecule has 0 saturated carbocycles. The first-order valence-electron chi connectivity index (χ1n) is 4.98. The molecule has 78 valence electrons. The quantitative estimate of drug-likeness (QED) is 0.647. The number of aromatic nitrogens is 3. The molecular formula is C12H10N4. The summed E-state index contributed by atoms with van der Waals surface area (Å²) in [5, 5.41) is 7.91. The summed E-state index contributed by atoms with van der Waals surface area (Å²) in [6, 6.07) is 9.99. The largest absolute Gasteiger partial charge is 0.396 e. The highest BCUT2D eigenvalue weighted by molar-refractivity contribution is 5.85. The SMILES string of the molecule is Nc1cn[nH]c1-c1ccc2cccnc2c1. The molecule has 1 aromatic carbocycles. The van der Waals surface area contributed by atoms with Crippen molar-refractivity contribution >= 4 is 16.6 Å². The van der Waals surface area contributed by atoms with Gasteiger partial charge in [0.25, 0.3) is 0 Å². The van der Waals surface area contributed by atoms with Crippen LogP contribution in [0.3, 0.4) is 0 Å². The third-order valence-corrected chi connectivity index (χ3v) is 2.56. The van der Waals surface area contributed by atoms with E-state index in [2.05, 4.69) is 15.2 Å². The first kappa shape index (κ1) is 8.91. The first-order chi connectivity index (χ1) is 7.84. The average molecular weight is 210 g/mol. The number of aromatic amines is 1. The number of benzene rings is 1. The van der Waals surface area contributed by atoms with Crippen molar-refractivity contribution in [1.29, 1.82) is 0 Å². The van der Waals surface area contributed by atoms with Crippen LogP contribution in [-0.2, 0) is 0 Å². The van der Waals surface area contributed by atoms with E-state index in [1.54, 1.807) is 12.4 Å². The van der Waals surface area contributed by atoms with Gasteiger partial charge in [0.2, 0.25) is 0 Å². The zero-order chi connectivity index (χ0) is 11.0. The lowest BCUT2D eigenvalue weighted by Crippen LogP contribution is -1.87. The Kier molecular flexibility index (Phi) is 1.86. The number of nitrogens with one attached hydrogen (secondary N) is 1. The average Bonchev–Trinajstić information content (AvgIpc) is 2.75. The molecule has 0 amide bonds. The lowest BCUT2D eigenvalue weighted by Gasteiger charge is -2.01. The molecule has 0 aliphatic heterocycles. The van der Waals surface area contributed by atoms with E-state index in [-0.39, 0.29) is 0 Å². The summed E-state index contributed by atoms with van der Waals surface area (Å²) < 4.78 is 0. The number of nitrogens with two attached hydrogens (primary N) is 1. The van der Waals surface area contributed by atoms with Gasteiger partial charge in [0, 0.05) is 17.1 Å². The first-order valence-corrected chi connectivity index (χ1v) is 4.98.